The van der Waals surface area contributed by atoms with Crippen molar-refractivity contribution >= 4 is 11.8 Å². The molecule has 1 atom stereocenters. The number of carbonyl (C=O) groups is 1. The number of hydrogen-bond donors (Lipinski definition) is 3. The number of nitrogens with zero attached hydrogens (tertiary/aromatic N) is 1. The lowest BCUT2D eigenvalue weighted by Gasteiger charge is -2.12. The SMILES string of the molecule is C[C@@H](CO)NC(=O)Nc1cccc(C(F)(F)F)n1. The maximum absolute atomic E-state index is 12.3. The van der Waals surface area contributed by atoms with Crippen LogP contribution in [0.2, 0.25) is 0 Å². The van der Waals surface area contributed by atoms with Crippen LogP contribution >= 0.6 is 0 Å². The van der Waals surface area contributed by atoms with Gasteiger partial charge in [-0.25, -0.2) is 9.78 Å². The second kappa shape index (κ2) is 5.67. The van der Waals surface area contributed by atoms with Crippen molar-refractivity contribution in [2.24, 2.45) is 0 Å². The number of nitrogens with one attached hydrogen (secondary N) is 2. The van der Waals surface area contributed by atoms with Crippen LogP contribution in [-0.2, 0) is 6.18 Å². The van der Waals surface area contributed by atoms with Gasteiger partial charge in [-0.1, -0.05) is 6.07 Å². The molecule has 5 nitrogen and oxygen atoms in total. The van der Waals surface area contributed by atoms with E-state index in [-0.39, 0.29) is 12.4 Å². The molecule has 100 valence electrons. The molecule has 0 fully saturated rings. The van der Waals surface area contributed by atoms with Crippen LogP contribution in [0.1, 0.15) is 12.6 Å². The third kappa shape index (κ3) is 4.21. The quantitative estimate of drug-likeness (QED) is 0.775. The normalized spacial score (nSPS) is 12.9. The first-order valence-electron chi connectivity index (χ1n) is 5.05. The standard InChI is InChI=1S/C10H12F3N3O2/c1-6(5-17)14-9(18)16-8-4-2-3-7(15-8)10(11,12)13/h2-4,6,17H,5H2,1H3,(H2,14,15,16,18)/t6-/m0/s1. The van der Waals surface area contributed by atoms with Crippen molar-refractivity contribution in [3.63, 3.8) is 0 Å². The number of aliphatic hydroxyl groups excluding tert-OH is 1. The number of pyridine rings is 1. The Morgan fingerprint density at radius 3 is 2.72 bits per heavy atom. The lowest BCUT2D eigenvalue weighted by molar-refractivity contribution is -0.141. The second-order valence-electron chi connectivity index (χ2n) is 3.59. The predicted octanol–water partition coefficient (Wildman–Crippen LogP) is 1.60. The van der Waals surface area contributed by atoms with Crippen molar-refractivity contribution in [1.29, 1.82) is 0 Å². The summed E-state index contributed by atoms with van der Waals surface area (Å²) in [6.07, 6.45) is -4.56. The monoisotopic (exact) mass is 263 g/mol. The van der Waals surface area contributed by atoms with Crippen LogP contribution < -0.4 is 10.6 Å². The molecule has 8 heteroatoms. The Bertz CT molecular complexity index is 423. The smallest absolute Gasteiger partial charge is 0.394 e. The van der Waals surface area contributed by atoms with Crippen molar-refractivity contribution < 1.29 is 23.1 Å². The molecular weight excluding hydrogens is 251 g/mol. The van der Waals surface area contributed by atoms with E-state index < -0.39 is 23.9 Å². The lowest BCUT2D eigenvalue weighted by atomic mass is 10.3. The molecule has 0 spiro atoms. The Morgan fingerprint density at radius 2 is 2.17 bits per heavy atom. The van der Waals surface area contributed by atoms with E-state index >= 15 is 0 Å². The Kier molecular flexibility index (Phi) is 4.49. The van der Waals surface area contributed by atoms with E-state index in [9.17, 15) is 18.0 Å². The van der Waals surface area contributed by atoms with Gasteiger partial charge >= 0.3 is 12.2 Å². The summed E-state index contributed by atoms with van der Waals surface area (Å²) in [5.74, 6) is -0.215. The van der Waals surface area contributed by atoms with Crippen molar-refractivity contribution in [3.8, 4) is 0 Å². The minimum atomic E-state index is -4.56. The van der Waals surface area contributed by atoms with Gasteiger partial charge in [-0.2, -0.15) is 13.2 Å². The van der Waals surface area contributed by atoms with Crippen LogP contribution in [0.3, 0.4) is 0 Å². The van der Waals surface area contributed by atoms with Crippen LogP contribution in [0.4, 0.5) is 23.8 Å². The molecule has 0 saturated heterocycles. The predicted molar refractivity (Wildman–Crippen MR) is 57.9 cm³/mol. The van der Waals surface area contributed by atoms with Crippen LogP contribution in [0.5, 0.6) is 0 Å². The highest BCUT2D eigenvalue weighted by molar-refractivity contribution is 5.88. The summed E-state index contributed by atoms with van der Waals surface area (Å²) in [6, 6.07) is 1.94. The highest BCUT2D eigenvalue weighted by Gasteiger charge is 2.32. The summed E-state index contributed by atoms with van der Waals surface area (Å²) in [5, 5.41) is 13.2. The summed E-state index contributed by atoms with van der Waals surface area (Å²) in [6.45, 7) is 1.27. The fraction of sp³-hybridized carbons (Fsp3) is 0.400. The molecule has 0 radical (unpaired) electrons. The zero-order chi connectivity index (χ0) is 13.8. The van der Waals surface area contributed by atoms with Crippen LogP contribution in [0, 0.1) is 0 Å². The Hall–Kier alpha value is -1.83. The largest absolute Gasteiger partial charge is 0.433 e. The van der Waals surface area contributed by atoms with Crippen LogP contribution in [0.25, 0.3) is 0 Å². The van der Waals surface area contributed by atoms with Gasteiger partial charge in [0.05, 0.1) is 12.6 Å². The summed E-state index contributed by atoms with van der Waals surface area (Å²) >= 11 is 0. The molecule has 1 aromatic heterocycles. The molecule has 1 aromatic rings. The second-order valence-corrected chi connectivity index (χ2v) is 3.59. The summed E-state index contributed by atoms with van der Waals surface area (Å²) < 4.78 is 37.0. The number of aromatic nitrogens is 1. The van der Waals surface area contributed by atoms with E-state index in [1.807, 2.05) is 0 Å². The van der Waals surface area contributed by atoms with Gasteiger partial charge < -0.3 is 10.4 Å². The van der Waals surface area contributed by atoms with Crippen LogP contribution in [-0.4, -0.2) is 28.8 Å². The van der Waals surface area contributed by atoms with Gasteiger partial charge in [-0.15, -0.1) is 0 Å². The molecule has 0 aliphatic carbocycles. The molecule has 0 aliphatic heterocycles. The molecule has 18 heavy (non-hydrogen) atoms. The number of alkyl halides is 3. The summed E-state index contributed by atoms with van der Waals surface area (Å²) in [4.78, 5) is 14.5. The van der Waals surface area contributed by atoms with Gasteiger partial charge in [-0.3, -0.25) is 5.32 Å². The zero-order valence-electron chi connectivity index (χ0n) is 9.45. The van der Waals surface area contributed by atoms with Crippen molar-refractivity contribution in [2.75, 3.05) is 11.9 Å². The molecule has 1 rings (SSSR count). The van der Waals surface area contributed by atoms with Crippen molar-refractivity contribution in [1.82, 2.24) is 10.3 Å². The first kappa shape index (κ1) is 14.2. The van der Waals surface area contributed by atoms with E-state index in [4.69, 9.17) is 5.11 Å². The first-order valence-corrected chi connectivity index (χ1v) is 5.05. The Morgan fingerprint density at radius 1 is 1.50 bits per heavy atom. The highest BCUT2D eigenvalue weighted by atomic mass is 19.4. The molecular formula is C10H12F3N3O2. The average Bonchev–Trinajstić information content (AvgIpc) is 2.27. The van der Waals surface area contributed by atoms with Gasteiger partial charge in [0.25, 0.3) is 0 Å². The molecule has 0 saturated carbocycles. The fourth-order valence-electron chi connectivity index (χ4n) is 1.08. The Labute approximate surface area is 101 Å². The molecule has 0 aromatic carbocycles. The van der Waals surface area contributed by atoms with Gasteiger partial charge in [0, 0.05) is 0 Å². The van der Waals surface area contributed by atoms with Gasteiger partial charge in [-0.05, 0) is 19.1 Å². The van der Waals surface area contributed by atoms with E-state index in [2.05, 4.69) is 15.6 Å². The minimum absolute atomic E-state index is 0.215. The zero-order valence-corrected chi connectivity index (χ0v) is 9.45. The number of carbonyl (C=O) groups excluding carboxylic acids is 1. The number of hydrogen-bond acceptors (Lipinski definition) is 3. The first-order chi connectivity index (χ1) is 8.32. The number of aliphatic hydroxyl groups is 1. The van der Waals surface area contributed by atoms with Crippen molar-refractivity contribution in [3.05, 3.63) is 23.9 Å². The van der Waals surface area contributed by atoms with Gasteiger partial charge in [0.1, 0.15) is 11.5 Å². The third-order valence-corrected chi connectivity index (χ3v) is 1.93. The van der Waals surface area contributed by atoms with Gasteiger partial charge in [0.2, 0.25) is 0 Å². The summed E-state index contributed by atoms with van der Waals surface area (Å²) in [5.41, 5.74) is -1.09. The Balaban J connectivity index is 2.71. The fourth-order valence-corrected chi connectivity index (χ4v) is 1.08. The molecule has 2 amide bonds. The lowest BCUT2D eigenvalue weighted by Crippen LogP contribution is -2.38. The van der Waals surface area contributed by atoms with E-state index in [0.717, 1.165) is 12.1 Å². The number of urea groups is 1. The molecule has 3 N–H and O–H groups in total. The maximum Gasteiger partial charge on any atom is 0.433 e. The molecule has 0 unspecified atom stereocenters. The van der Waals surface area contributed by atoms with E-state index in [1.165, 1.54) is 6.07 Å². The number of amides is 2. The molecule has 0 aliphatic rings. The third-order valence-electron chi connectivity index (χ3n) is 1.93. The minimum Gasteiger partial charge on any atom is -0.394 e. The average molecular weight is 263 g/mol. The topological polar surface area (TPSA) is 74.2 Å². The van der Waals surface area contributed by atoms with Crippen molar-refractivity contribution in [2.45, 2.75) is 19.1 Å². The number of rotatable bonds is 3. The van der Waals surface area contributed by atoms with Crippen LogP contribution in [0.15, 0.2) is 18.2 Å². The number of halogens is 3. The molecule has 1 heterocycles. The van der Waals surface area contributed by atoms with E-state index in [0.29, 0.717) is 0 Å². The maximum atomic E-state index is 12.3. The van der Waals surface area contributed by atoms with Gasteiger partial charge in [0.15, 0.2) is 0 Å². The number of anilines is 1. The molecule has 0 bridgehead atoms. The van der Waals surface area contributed by atoms with E-state index in [1.54, 1.807) is 6.92 Å². The highest BCUT2D eigenvalue weighted by Crippen LogP contribution is 2.28. The summed E-state index contributed by atoms with van der Waals surface area (Å²) in [7, 11) is 0.